The molecule has 3 heteroatoms. The number of nitrogens with two attached hydrogens (primary N) is 1. The molecule has 1 aliphatic rings. The maximum Gasteiger partial charge on any atom is 0.0537 e. The van der Waals surface area contributed by atoms with Gasteiger partial charge in [0, 0.05) is 24.8 Å². The third kappa shape index (κ3) is 1.25. The molecule has 0 saturated heterocycles. The first-order valence-corrected chi connectivity index (χ1v) is 4.42. The van der Waals surface area contributed by atoms with Crippen LogP contribution in [-0.2, 0) is 7.05 Å². The lowest BCUT2D eigenvalue weighted by atomic mass is 10.1. The van der Waals surface area contributed by atoms with Crippen LogP contribution in [0.3, 0.4) is 0 Å². The Morgan fingerprint density at radius 3 is 2.83 bits per heavy atom. The first-order valence-electron chi connectivity index (χ1n) is 4.42. The van der Waals surface area contributed by atoms with Gasteiger partial charge < -0.3 is 5.73 Å². The van der Waals surface area contributed by atoms with Crippen LogP contribution in [0.4, 0.5) is 0 Å². The topological polar surface area (TPSA) is 43.8 Å². The Labute approximate surface area is 72.6 Å². The summed E-state index contributed by atoms with van der Waals surface area (Å²) in [5, 5.41) is 4.11. The van der Waals surface area contributed by atoms with Crippen LogP contribution in [0.5, 0.6) is 0 Å². The molecule has 0 bridgehead atoms. The molecule has 1 aromatic heterocycles. The van der Waals surface area contributed by atoms with E-state index >= 15 is 0 Å². The second kappa shape index (κ2) is 2.59. The van der Waals surface area contributed by atoms with Crippen molar-refractivity contribution >= 4 is 0 Å². The van der Waals surface area contributed by atoms with Crippen LogP contribution >= 0.6 is 0 Å². The molecule has 3 atom stereocenters. The standard InChI is InChI=1S/C9H15N3/c1-6-3-8(6)9(10)7-4-11-12(2)5-7/h4-6,8-9H,3,10H2,1-2H3. The minimum absolute atomic E-state index is 0.202. The van der Waals surface area contributed by atoms with E-state index in [9.17, 15) is 0 Å². The highest BCUT2D eigenvalue weighted by atomic mass is 15.2. The molecule has 0 aliphatic heterocycles. The number of hydrogen-bond donors (Lipinski definition) is 1. The Morgan fingerprint density at radius 1 is 1.75 bits per heavy atom. The molecule has 0 aromatic carbocycles. The van der Waals surface area contributed by atoms with Gasteiger partial charge >= 0.3 is 0 Å². The van der Waals surface area contributed by atoms with Crippen molar-refractivity contribution in [3.05, 3.63) is 18.0 Å². The van der Waals surface area contributed by atoms with Crippen LogP contribution in [0, 0.1) is 11.8 Å². The first kappa shape index (κ1) is 7.80. The predicted molar refractivity (Wildman–Crippen MR) is 47.4 cm³/mol. The normalized spacial score (nSPS) is 30.2. The van der Waals surface area contributed by atoms with E-state index in [1.54, 1.807) is 0 Å². The molecule has 0 radical (unpaired) electrons. The minimum Gasteiger partial charge on any atom is -0.324 e. The van der Waals surface area contributed by atoms with Gasteiger partial charge in [-0.2, -0.15) is 5.10 Å². The molecular formula is C9H15N3. The molecular weight excluding hydrogens is 150 g/mol. The molecule has 1 aromatic rings. The Balaban J connectivity index is 2.09. The van der Waals surface area contributed by atoms with E-state index in [1.165, 1.54) is 12.0 Å². The lowest BCUT2D eigenvalue weighted by Gasteiger charge is -2.06. The van der Waals surface area contributed by atoms with Crippen molar-refractivity contribution in [2.45, 2.75) is 19.4 Å². The minimum atomic E-state index is 0.202. The third-order valence-electron chi connectivity index (χ3n) is 2.74. The van der Waals surface area contributed by atoms with Gasteiger partial charge in [-0.1, -0.05) is 6.92 Å². The zero-order valence-electron chi connectivity index (χ0n) is 7.57. The summed E-state index contributed by atoms with van der Waals surface area (Å²) in [4.78, 5) is 0. The van der Waals surface area contributed by atoms with Gasteiger partial charge in [-0.25, -0.2) is 0 Å². The molecule has 2 N–H and O–H groups in total. The number of aryl methyl sites for hydroxylation is 1. The van der Waals surface area contributed by atoms with E-state index in [-0.39, 0.29) is 6.04 Å². The lowest BCUT2D eigenvalue weighted by molar-refractivity contribution is 0.593. The van der Waals surface area contributed by atoms with Crippen LogP contribution in [0.15, 0.2) is 12.4 Å². The van der Waals surface area contributed by atoms with E-state index in [0.717, 1.165) is 5.92 Å². The molecule has 66 valence electrons. The van der Waals surface area contributed by atoms with Gasteiger partial charge in [-0.05, 0) is 18.3 Å². The van der Waals surface area contributed by atoms with Crippen LogP contribution in [0.25, 0.3) is 0 Å². The third-order valence-corrected chi connectivity index (χ3v) is 2.74. The largest absolute Gasteiger partial charge is 0.324 e. The van der Waals surface area contributed by atoms with Gasteiger partial charge in [-0.3, -0.25) is 4.68 Å². The van der Waals surface area contributed by atoms with Gasteiger partial charge in [0.15, 0.2) is 0 Å². The molecule has 12 heavy (non-hydrogen) atoms. The summed E-state index contributed by atoms with van der Waals surface area (Å²) < 4.78 is 1.81. The second-order valence-corrected chi connectivity index (χ2v) is 3.85. The van der Waals surface area contributed by atoms with Gasteiger partial charge in [0.2, 0.25) is 0 Å². The van der Waals surface area contributed by atoms with Crippen molar-refractivity contribution in [2.24, 2.45) is 24.6 Å². The molecule has 1 saturated carbocycles. The molecule has 2 rings (SSSR count). The number of rotatable bonds is 2. The van der Waals surface area contributed by atoms with Crippen molar-refractivity contribution < 1.29 is 0 Å². The lowest BCUT2D eigenvalue weighted by Crippen LogP contribution is -2.12. The van der Waals surface area contributed by atoms with Crippen LogP contribution in [-0.4, -0.2) is 9.78 Å². The summed E-state index contributed by atoms with van der Waals surface area (Å²) in [5.74, 6) is 1.49. The number of hydrogen-bond acceptors (Lipinski definition) is 2. The maximum absolute atomic E-state index is 6.05. The van der Waals surface area contributed by atoms with Crippen molar-refractivity contribution in [1.82, 2.24) is 9.78 Å². The first-order chi connectivity index (χ1) is 5.68. The monoisotopic (exact) mass is 165 g/mol. The summed E-state index contributed by atoms with van der Waals surface area (Å²) in [6, 6.07) is 0.202. The molecule has 0 spiro atoms. The Bertz CT molecular complexity index is 279. The summed E-state index contributed by atoms with van der Waals surface area (Å²) in [7, 11) is 1.92. The second-order valence-electron chi connectivity index (χ2n) is 3.85. The predicted octanol–water partition coefficient (Wildman–Crippen LogP) is 1.08. The quantitative estimate of drug-likeness (QED) is 0.712. The molecule has 3 nitrogen and oxygen atoms in total. The average molecular weight is 165 g/mol. The van der Waals surface area contributed by atoms with E-state index in [4.69, 9.17) is 5.73 Å². The fourth-order valence-corrected chi connectivity index (χ4v) is 1.71. The maximum atomic E-state index is 6.05. The van der Waals surface area contributed by atoms with E-state index < -0.39 is 0 Å². The van der Waals surface area contributed by atoms with Gasteiger partial charge in [0.25, 0.3) is 0 Å². The zero-order chi connectivity index (χ0) is 8.72. The molecule has 3 unspecified atom stereocenters. The summed E-state index contributed by atoms with van der Waals surface area (Å²) in [6.45, 7) is 2.25. The van der Waals surface area contributed by atoms with Crippen LogP contribution < -0.4 is 5.73 Å². The summed E-state index contributed by atoms with van der Waals surface area (Å²) in [6.07, 6.45) is 5.15. The summed E-state index contributed by atoms with van der Waals surface area (Å²) >= 11 is 0. The van der Waals surface area contributed by atoms with Crippen molar-refractivity contribution in [1.29, 1.82) is 0 Å². The number of aromatic nitrogens is 2. The smallest absolute Gasteiger partial charge is 0.0537 e. The van der Waals surface area contributed by atoms with E-state index in [0.29, 0.717) is 5.92 Å². The van der Waals surface area contributed by atoms with Crippen molar-refractivity contribution in [2.75, 3.05) is 0 Å². The highest BCUT2D eigenvalue weighted by Gasteiger charge is 2.38. The summed E-state index contributed by atoms with van der Waals surface area (Å²) in [5.41, 5.74) is 7.22. The zero-order valence-corrected chi connectivity index (χ0v) is 7.57. The molecule has 1 aliphatic carbocycles. The van der Waals surface area contributed by atoms with Crippen LogP contribution in [0.1, 0.15) is 24.9 Å². The fraction of sp³-hybridized carbons (Fsp3) is 0.667. The molecule has 1 fully saturated rings. The average Bonchev–Trinajstić information content (AvgIpc) is 2.58. The van der Waals surface area contributed by atoms with Crippen molar-refractivity contribution in [3.63, 3.8) is 0 Å². The molecule has 0 amide bonds. The van der Waals surface area contributed by atoms with E-state index in [1.807, 2.05) is 24.1 Å². The van der Waals surface area contributed by atoms with Crippen LogP contribution in [0.2, 0.25) is 0 Å². The fourth-order valence-electron chi connectivity index (χ4n) is 1.71. The Morgan fingerprint density at radius 2 is 2.42 bits per heavy atom. The van der Waals surface area contributed by atoms with Gasteiger partial charge in [0.1, 0.15) is 0 Å². The van der Waals surface area contributed by atoms with Gasteiger partial charge in [-0.15, -0.1) is 0 Å². The Hall–Kier alpha value is -0.830. The molecule has 1 heterocycles. The highest BCUT2D eigenvalue weighted by Crippen LogP contribution is 2.45. The highest BCUT2D eigenvalue weighted by molar-refractivity contribution is 5.14. The van der Waals surface area contributed by atoms with Crippen molar-refractivity contribution in [3.8, 4) is 0 Å². The Kier molecular flexibility index (Phi) is 1.68. The van der Waals surface area contributed by atoms with E-state index in [2.05, 4.69) is 12.0 Å². The van der Waals surface area contributed by atoms with Gasteiger partial charge in [0.05, 0.1) is 6.20 Å². The number of nitrogens with zero attached hydrogens (tertiary/aromatic N) is 2. The SMILES string of the molecule is CC1CC1C(N)c1cnn(C)c1.